The average Bonchev–Trinajstić information content (AvgIpc) is 3.20. The van der Waals surface area contributed by atoms with Crippen LogP contribution in [0, 0.1) is 0 Å². The van der Waals surface area contributed by atoms with Crippen LogP contribution in [0.3, 0.4) is 0 Å². The molecule has 8 nitrogen and oxygen atoms in total. The molecular weight excluding hydrogens is 402 g/mol. The number of carbonyl (C=O) groups is 3. The van der Waals surface area contributed by atoms with Gasteiger partial charge in [-0.15, -0.1) is 11.3 Å². The second-order valence-corrected chi connectivity index (χ2v) is 8.95. The summed E-state index contributed by atoms with van der Waals surface area (Å²) in [7, 11) is 1.95. The van der Waals surface area contributed by atoms with Crippen molar-refractivity contribution in [3.05, 3.63) is 41.3 Å². The molecule has 3 amide bonds. The van der Waals surface area contributed by atoms with Gasteiger partial charge in [0, 0.05) is 41.3 Å². The highest BCUT2D eigenvalue weighted by atomic mass is 32.1. The maximum absolute atomic E-state index is 13.0. The molecule has 0 saturated carbocycles. The normalized spacial score (nSPS) is 23.8. The third kappa shape index (κ3) is 3.90. The summed E-state index contributed by atoms with van der Waals surface area (Å²) in [6, 6.07) is 5.11. The van der Waals surface area contributed by atoms with Gasteiger partial charge in [0.05, 0.1) is 17.8 Å². The van der Waals surface area contributed by atoms with E-state index in [1.54, 1.807) is 6.07 Å². The summed E-state index contributed by atoms with van der Waals surface area (Å²) in [6.45, 7) is 7.35. The van der Waals surface area contributed by atoms with Crippen molar-refractivity contribution in [2.45, 2.75) is 25.0 Å². The highest BCUT2D eigenvalue weighted by Crippen LogP contribution is 2.37. The van der Waals surface area contributed by atoms with Crippen molar-refractivity contribution in [2.75, 3.05) is 32.0 Å². The fraction of sp³-hybridized carbons (Fsp3) is 0.381. The van der Waals surface area contributed by atoms with Gasteiger partial charge in [0.2, 0.25) is 5.91 Å². The van der Waals surface area contributed by atoms with E-state index < -0.39 is 0 Å². The monoisotopic (exact) mass is 427 g/mol. The molecule has 9 heteroatoms. The number of benzene rings is 1. The standard InChI is InChI=1S/C21H25N5O3S/c1-4-17(27)24-14-9-26(3)10-15(14)25-20(28)12-5-6-16-13(7-12)18-19(30-16)21(29)23-11(2)8-22-18/h4-7,11,14-15,22H,1,8-10H2,2-3H3,(H,23,29)(H,24,27)(H,25,28)/t11-,14-,15+/m1/s1. The first-order valence-corrected chi connectivity index (χ1v) is 10.7. The minimum absolute atomic E-state index is 0.0284. The number of likely N-dealkylation sites (N-methyl/N-ethyl adjacent to an activating group) is 1. The molecular formula is C21H25N5O3S. The number of thiophene rings is 1. The van der Waals surface area contributed by atoms with Crippen LogP contribution in [0.4, 0.5) is 5.69 Å². The van der Waals surface area contributed by atoms with E-state index in [0.717, 1.165) is 15.8 Å². The van der Waals surface area contributed by atoms with Gasteiger partial charge in [0.1, 0.15) is 4.88 Å². The van der Waals surface area contributed by atoms with Gasteiger partial charge in [-0.25, -0.2) is 0 Å². The van der Waals surface area contributed by atoms with E-state index >= 15 is 0 Å². The highest BCUT2D eigenvalue weighted by Gasteiger charge is 2.33. The predicted molar refractivity (Wildman–Crippen MR) is 118 cm³/mol. The third-order valence-corrected chi connectivity index (χ3v) is 6.62. The number of rotatable bonds is 4. The van der Waals surface area contributed by atoms with Crippen molar-refractivity contribution in [1.82, 2.24) is 20.9 Å². The summed E-state index contributed by atoms with van der Waals surface area (Å²) in [5.74, 6) is -0.554. The molecule has 0 radical (unpaired) electrons. The van der Waals surface area contributed by atoms with E-state index in [9.17, 15) is 14.4 Å². The Bertz CT molecular complexity index is 1030. The third-order valence-electron chi connectivity index (χ3n) is 5.45. The molecule has 3 atom stereocenters. The molecule has 1 saturated heterocycles. The number of hydrogen-bond donors (Lipinski definition) is 4. The van der Waals surface area contributed by atoms with Crippen LogP contribution in [0.15, 0.2) is 30.9 Å². The van der Waals surface area contributed by atoms with Crippen LogP contribution in [-0.4, -0.2) is 67.4 Å². The van der Waals surface area contributed by atoms with Crippen molar-refractivity contribution in [3.8, 4) is 0 Å². The zero-order valence-corrected chi connectivity index (χ0v) is 17.8. The first-order valence-electron chi connectivity index (χ1n) is 9.89. The topological polar surface area (TPSA) is 103 Å². The first-order chi connectivity index (χ1) is 14.4. The van der Waals surface area contributed by atoms with Gasteiger partial charge in [0.15, 0.2) is 0 Å². The van der Waals surface area contributed by atoms with E-state index in [-0.39, 0.29) is 35.8 Å². The number of hydrogen-bond acceptors (Lipinski definition) is 6. The van der Waals surface area contributed by atoms with Crippen molar-refractivity contribution in [1.29, 1.82) is 0 Å². The fourth-order valence-corrected chi connectivity index (χ4v) is 5.02. The van der Waals surface area contributed by atoms with Crippen LogP contribution in [0.1, 0.15) is 27.0 Å². The van der Waals surface area contributed by atoms with E-state index in [1.165, 1.54) is 17.4 Å². The lowest BCUT2D eigenvalue weighted by atomic mass is 10.1. The molecule has 0 unspecified atom stereocenters. The molecule has 4 rings (SSSR count). The number of anilines is 1. The molecule has 0 spiro atoms. The summed E-state index contributed by atoms with van der Waals surface area (Å²) in [6.07, 6.45) is 1.23. The quantitative estimate of drug-likeness (QED) is 0.549. The van der Waals surface area contributed by atoms with Gasteiger partial charge in [-0.1, -0.05) is 6.58 Å². The Morgan fingerprint density at radius 3 is 2.73 bits per heavy atom. The van der Waals surface area contributed by atoms with Crippen molar-refractivity contribution < 1.29 is 14.4 Å². The Kier molecular flexibility index (Phi) is 5.48. The Morgan fingerprint density at radius 2 is 2.00 bits per heavy atom. The highest BCUT2D eigenvalue weighted by molar-refractivity contribution is 7.21. The van der Waals surface area contributed by atoms with Crippen LogP contribution < -0.4 is 21.3 Å². The second-order valence-electron chi connectivity index (χ2n) is 7.89. The molecule has 1 fully saturated rings. The van der Waals surface area contributed by atoms with Crippen LogP contribution in [-0.2, 0) is 4.79 Å². The molecule has 1 aromatic heterocycles. The molecule has 3 heterocycles. The molecule has 30 heavy (non-hydrogen) atoms. The summed E-state index contributed by atoms with van der Waals surface area (Å²) < 4.78 is 0.950. The van der Waals surface area contributed by atoms with Gasteiger partial charge >= 0.3 is 0 Å². The van der Waals surface area contributed by atoms with E-state index in [4.69, 9.17) is 0 Å². The number of nitrogens with one attached hydrogen (secondary N) is 4. The van der Waals surface area contributed by atoms with Crippen molar-refractivity contribution in [3.63, 3.8) is 0 Å². The minimum Gasteiger partial charge on any atom is -0.381 e. The Labute approximate surface area is 178 Å². The zero-order valence-electron chi connectivity index (χ0n) is 17.0. The maximum atomic E-state index is 13.0. The first kappa shape index (κ1) is 20.4. The van der Waals surface area contributed by atoms with Crippen LogP contribution in [0.25, 0.3) is 10.1 Å². The number of fused-ring (bicyclic) bond motifs is 3. The molecule has 0 bridgehead atoms. The molecule has 2 aliphatic rings. The van der Waals surface area contributed by atoms with Crippen LogP contribution in [0.2, 0.25) is 0 Å². The molecule has 0 aliphatic carbocycles. The lowest BCUT2D eigenvalue weighted by Crippen LogP contribution is -2.50. The van der Waals surface area contributed by atoms with E-state index in [2.05, 4.69) is 32.7 Å². The maximum Gasteiger partial charge on any atom is 0.263 e. The van der Waals surface area contributed by atoms with E-state index in [1.807, 2.05) is 26.1 Å². The van der Waals surface area contributed by atoms with Gasteiger partial charge in [-0.05, 0) is 38.2 Å². The molecule has 158 valence electrons. The molecule has 2 aliphatic heterocycles. The van der Waals surface area contributed by atoms with Crippen molar-refractivity contribution >= 4 is 44.8 Å². The Balaban J connectivity index is 1.57. The van der Waals surface area contributed by atoms with E-state index in [0.29, 0.717) is 30.1 Å². The fourth-order valence-electron chi connectivity index (χ4n) is 3.96. The SMILES string of the molecule is C=CC(=O)N[C@@H]1CN(C)C[C@@H]1NC(=O)c1ccc2sc3c(c2c1)NC[C@@H](C)NC3=O. The lowest BCUT2D eigenvalue weighted by molar-refractivity contribution is -0.117. The Hall–Kier alpha value is -2.91. The number of nitrogens with zero attached hydrogens (tertiary/aromatic N) is 1. The van der Waals surface area contributed by atoms with Gasteiger partial charge in [-0.2, -0.15) is 0 Å². The number of likely N-dealkylation sites (tertiary alicyclic amines) is 1. The van der Waals surface area contributed by atoms with Gasteiger partial charge in [-0.3, -0.25) is 14.4 Å². The molecule has 1 aromatic carbocycles. The minimum atomic E-state index is -0.254. The largest absolute Gasteiger partial charge is 0.381 e. The summed E-state index contributed by atoms with van der Waals surface area (Å²) in [5, 5.41) is 13.1. The molecule has 4 N–H and O–H groups in total. The summed E-state index contributed by atoms with van der Waals surface area (Å²) in [4.78, 5) is 39.8. The summed E-state index contributed by atoms with van der Waals surface area (Å²) in [5.41, 5.74) is 1.30. The van der Waals surface area contributed by atoms with Crippen LogP contribution in [0.5, 0.6) is 0 Å². The van der Waals surface area contributed by atoms with Gasteiger partial charge < -0.3 is 26.2 Å². The lowest BCUT2D eigenvalue weighted by Gasteiger charge is -2.20. The average molecular weight is 428 g/mol. The summed E-state index contributed by atoms with van der Waals surface area (Å²) >= 11 is 1.42. The number of amides is 3. The second kappa shape index (κ2) is 8.08. The smallest absolute Gasteiger partial charge is 0.263 e. The van der Waals surface area contributed by atoms with Crippen molar-refractivity contribution in [2.24, 2.45) is 0 Å². The predicted octanol–water partition coefficient (Wildman–Crippen LogP) is 1.16. The molecule has 2 aromatic rings. The van der Waals surface area contributed by atoms with Gasteiger partial charge in [0.25, 0.3) is 11.8 Å². The van der Waals surface area contributed by atoms with Crippen LogP contribution >= 0.6 is 11.3 Å². The number of carbonyl (C=O) groups excluding carboxylic acids is 3. The zero-order chi connectivity index (χ0) is 21.4. The Morgan fingerprint density at radius 1 is 1.27 bits per heavy atom.